The van der Waals surface area contributed by atoms with Crippen molar-refractivity contribution in [3.63, 3.8) is 0 Å². The van der Waals surface area contributed by atoms with Gasteiger partial charge in [0, 0.05) is 24.5 Å². The maximum absolute atomic E-state index is 12.6. The Hall–Kier alpha value is -2.67. The fraction of sp³-hybridized carbons (Fsp3) is 0.333. The van der Waals surface area contributed by atoms with Gasteiger partial charge in [-0.05, 0) is 49.2 Å². The van der Waals surface area contributed by atoms with Crippen LogP contribution in [0.4, 0.5) is 16.2 Å². The second-order valence-corrected chi connectivity index (χ2v) is 8.28. The van der Waals surface area contributed by atoms with Crippen molar-refractivity contribution in [3.8, 4) is 5.75 Å². The lowest BCUT2D eigenvalue weighted by atomic mass is 10.0. The van der Waals surface area contributed by atoms with Crippen molar-refractivity contribution >= 4 is 35.1 Å². The zero-order chi connectivity index (χ0) is 19.6. The number of benzene rings is 2. The number of ether oxygens (including phenoxy) is 1. The van der Waals surface area contributed by atoms with E-state index in [4.69, 9.17) is 4.74 Å². The Balaban J connectivity index is 1.45. The smallest absolute Gasteiger partial charge is 0.321 e. The normalized spacial score (nSPS) is 18.4. The zero-order valence-electron chi connectivity index (χ0n) is 15.8. The van der Waals surface area contributed by atoms with E-state index in [2.05, 4.69) is 5.32 Å². The molecule has 0 radical (unpaired) electrons. The number of para-hydroxylation sites is 1. The molecule has 0 saturated carbocycles. The monoisotopic (exact) mass is 397 g/mol. The van der Waals surface area contributed by atoms with Gasteiger partial charge in [0.05, 0.1) is 17.7 Å². The van der Waals surface area contributed by atoms with Gasteiger partial charge in [-0.1, -0.05) is 18.2 Å². The summed E-state index contributed by atoms with van der Waals surface area (Å²) in [6, 6.07) is 17.0. The van der Waals surface area contributed by atoms with Crippen molar-refractivity contribution in [1.29, 1.82) is 0 Å². The first-order valence-corrected chi connectivity index (χ1v) is 10.3. The number of amides is 3. The molecule has 0 aromatic heterocycles. The van der Waals surface area contributed by atoms with Crippen LogP contribution in [0.25, 0.3) is 0 Å². The van der Waals surface area contributed by atoms with Crippen molar-refractivity contribution in [2.45, 2.75) is 17.7 Å². The Morgan fingerprint density at radius 3 is 2.39 bits per heavy atom. The van der Waals surface area contributed by atoms with Crippen LogP contribution < -0.4 is 15.0 Å². The van der Waals surface area contributed by atoms with Gasteiger partial charge in [0.2, 0.25) is 5.91 Å². The Bertz CT molecular complexity index is 849. The Morgan fingerprint density at radius 2 is 1.75 bits per heavy atom. The zero-order valence-corrected chi connectivity index (χ0v) is 16.6. The van der Waals surface area contributed by atoms with E-state index in [-0.39, 0.29) is 16.8 Å². The topological polar surface area (TPSA) is 61.9 Å². The molecule has 4 rings (SSSR count). The predicted octanol–water partition coefficient (Wildman–Crippen LogP) is 3.80. The molecule has 1 N–H and O–H groups in total. The average Bonchev–Trinajstić information content (AvgIpc) is 3.05. The molecule has 7 heteroatoms. The molecule has 2 aromatic carbocycles. The van der Waals surface area contributed by atoms with Gasteiger partial charge in [-0.2, -0.15) is 0 Å². The number of urea groups is 1. The quantitative estimate of drug-likeness (QED) is 0.856. The third-order valence-corrected chi connectivity index (χ3v) is 6.83. The van der Waals surface area contributed by atoms with Crippen LogP contribution >= 0.6 is 11.8 Å². The van der Waals surface area contributed by atoms with Crippen molar-refractivity contribution in [2.75, 3.05) is 36.2 Å². The summed E-state index contributed by atoms with van der Waals surface area (Å²) >= 11 is 1.69. The summed E-state index contributed by atoms with van der Waals surface area (Å²) < 4.78 is 5.23. The Kier molecular flexibility index (Phi) is 5.17. The highest BCUT2D eigenvalue weighted by atomic mass is 32.2. The van der Waals surface area contributed by atoms with E-state index in [0.717, 1.165) is 30.0 Å². The van der Waals surface area contributed by atoms with Gasteiger partial charge in [-0.3, -0.25) is 9.69 Å². The van der Waals surface area contributed by atoms with Crippen LogP contribution in [0.3, 0.4) is 0 Å². The van der Waals surface area contributed by atoms with Gasteiger partial charge in [-0.25, -0.2) is 4.79 Å². The van der Waals surface area contributed by atoms with Gasteiger partial charge < -0.3 is 15.0 Å². The van der Waals surface area contributed by atoms with Crippen LogP contribution in [0, 0.1) is 0 Å². The molecule has 2 aliphatic rings. The van der Waals surface area contributed by atoms with Crippen LogP contribution in [0.5, 0.6) is 5.75 Å². The summed E-state index contributed by atoms with van der Waals surface area (Å²) in [4.78, 5) is 28.7. The molecule has 2 fully saturated rings. The molecule has 2 aromatic rings. The largest absolute Gasteiger partial charge is 0.497 e. The molecular weight excluding hydrogens is 374 g/mol. The minimum Gasteiger partial charge on any atom is -0.497 e. The summed E-state index contributed by atoms with van der Waals surface area (Å²) in [5.74, 6) is 1.37. The summed E-state index contributed by atoms with van der Waals surface area (Å²) in [6.45, 7) is 1.23. The molecule has 0 atom stereocenters. The first-order chi connectivity index (χ1) is 13.6. The average molecular weight is 398 g/mol. The fourth-order valence-electron chi connectivity index (χ4n) is 3.81. The number of nitrogens with zero attached hydrogens (tertiary/aromatic N) is 2. The predicted molar refractivity (Wildman–Crippen MR) is 112 cm³/mol. The molecule has 0 aliphatic carbocycles. The van der Waals surface area contributed by atoms with Gasteiger partial charge in [0.15, 0.2) is 0 Å². The number of hydrogen-bond acceptors (Lipinski definition) is 4. The summed E-state index contributed by atoms with van der Waals surface area (Å²) in [7, 11) is 1.63. The van der Waals surface area contributed by atoms with Gasteiger partial charge >= 0.3 is 6.03 Å². The number of rotatable bonds is 3. The first-order valence-electron chi connectivity index (χ1n) is 9.33. The van der Waals surface area contributed by atoms with Crippen LogP contribution in [0.1, 0.15) is 12.8 Å². The molecule has 2 saturated heterocycles. The second kappa shape index (κ2) is 7.75. The third-order valence-electron chi connectivity index (χ3n) is 5.31. The summed E-state index contributed by atoms with van der Waals surface area (Å²) in [5.41, 5.74) is 1.68. The van der Waals surface area contributed by atoms with Crippen molar-refractivity contribution in [1.82, 2.24) is 4.90 Å². The molecule has 28 heavy (non-hydrogen) atoms. The van der Waals surface area contributed by atoms with E-state index in [0.29, 0.717) is 18.8 Å². The molecule has 2 heterocycles. The van der Waals surface area contributed by atoms with Crippen LogP contribution in [-0.2, 0) is 4.79 Å². The molecule has 6 nitrogen and oxygen atoms in total. The van der Waals surface area contributed by atoms with E-state index in [1.54, 1.807) is 18.9 Å². The number of methoxy groups -OCH3 is 1. The fourth-order valence-corrected chi connectivity index (χ4v) is 5.14. The van der Waals surface area contributed by atoms with Crippen molar-refractivity contribution < 1.29 is 14.3 Å². The van der Waals surface area contributed by atoms with Gasteiger partial charge in [-0.15, -0.1) is 11.8 Å². The number of carbonyl (C=O) groups excluding carboxylic acids is 2. The van der Waals surface area contributed by atoms with E-state index in [1.165, 1.54) is 0 Å². The molecular formula is C21H23N3O3S. The Morgan fingerprint density at radius 1 is 1.07 bits per heavy atom. The second-order valence-electron chi connectivity index (χ2n) is 6.95. The first kappa shape index (κ1) is 18.7. The highest BCUT2D eigenvalue weighted by Gasteiger charge is 2.49. The van der Waals surface area contributed by atoms with Crippen LogP contribution in [0.2, 0.25) is 0 Å². The molecule has 0 bridgehead atoms. The van der Waals surface area contributed by atoms with E-state index < -0.39 is 0 Å². The number of carbonyl (C=O) groups is 2. The minimum absolute atomic E-state index is 0.0913. The molecule has 0 unspecified atom stereocenters. The lowest BCUT2D eigenvalue weighted by Gasteiger charge is -2.43. The number of anilines is 2. The number of piperidine rings is 1. The lowest BCUT2D eigenvalue weighted by Crippen LogP contribution is -2.53. The van der Waals surface area contributed by atoms with Gasteiger partial charge in [0.1, 0.15) is 5.75 Å². The number of hydrogen-bond donors (Lipinski definition) is 1. The maximum atomic E-state index is 12.6. The number of thioether (sulfide) groups is 1. The number of nitrogens with one attached hydrogen (secondary N) is 1. The third kappa shape index (κ3) is 3.54. The van der Waals surface area contributed by atoms with Gasteiger partial charge in [0.25, 0.3) is 0 Å². The summed E-state index contributed by atoms with van der Waals surface area (Å²) in [5, 5.41) is 2.94. The van der Waals surface area contributed by atoms with E-state index >= 15 is 0 Å². The summed E-state index contributed by atoms with van der Waals surface area (Å²) in [6.07, 6.45) is 1.50. The molecule has 146 valence electrons. The number of likely N-dealkylation sites (tertiary alicyclic amines) is 1. The maximum Gasteiger partial charge on any atom is 0.321 e. The SMILES string of the molecule is COc1ccc(N2C(=O)CSC23CCN(C(=O)Nc2ccccc2)CC3)cc1. The van der Waals surface area contributed by atoms with Crippen molar-refractivity contribution in [3.05, 3.63) is 54.6 Å². The van der Waals surface area contributed by atoms with E-state index in [1.807, 2.05) is 64.4 Å². The van der Waals surface area contributed by atoms with Crippen LogP contribution in [0.15, 0.2) is 54.6 Å². The highest BCUT2D eigenvalue weighted by Crippen LogP contribution is 2.47. The molecule has 3 amide bonds. The minimum atomic E-state index is -0.283. The highest BCUT2D eigenvalue weighted by molar-refractivity contribution is 8.02. The van der Waals surface area contributed by atoms with Crippen LogP contribution in [-0.4, -0.2) is 47.7 Å². The Labute approximate surface area is 168 Å². The lowest BCUT2D eigenvalue weighted by molar-refractivity contribution is -0.116. The van der Waals surface area contributed by atoms with Crippen molar-refractivity contribution in [2.24, 2.45) is 0 Å². The standard InChI is InChI=1S/C21H23N3O3S/c1-27-18-9-7-17(8-10-18)24-19(25)15-28-21(24)11-13-23(14-12-21)20(26)22-16-5-3-2-4-6-16/h2-10H,11-15H2,1H3,(H,22,26). The van der Waals surface area contributed by atoms with E-state index in [9.17, 15) is 9.59 Å². The molecule has 1 spiro atoms. The molecule has 2 aliphatic heterocycles.